The van der Waals surface area contributed by atoms with Gasteiger partial charge in [-0.25, -0.2) is 12.8 Å². The SMILES string of the molecule is CC1CC(C)N(S(=O)(=O)c2cccc(F)c2N)C1. The Balaban J connectivity index is 2.46. The van der Waals surface area contributed by atoms with Gasteiger partial charge in [-0.3, -0.25) is 0 Å². The number of nitrogens with zero attached hydrogens (tertiary/aromatic N) is 1. The van der Waals surface area contributed by atoms with Crippen molar-refractivity contribution >= 4 is 15.7 Å². The topological polar surface area (TPSA) is 63.4 Å². The van der Waals surface area contributed by atoms with Gasteiger partial charge in [0.15, 0.2) is 0 Å². The first-order chi connectivity index (χ1) is 8.34. The van der Waals surface area contributed by atoms with Crippen LogP contribution >= 0.6 is 0 Å². The molecule has 0 aliphatic carbocycles. The van der Waals surface area contributed by atoms with E-state index in [2.05, 4.69) is 0 Å². The van der Waals surface area contributed by atoms with Crippen LogP contribution in [-0.2, 0) is 10.0 Å². The predicted octanol–water partition coefficient (Wildman–Crippen LogP) is 1.83. The number of hydrogen-bond acceptors (Lipinski definition) is 3. The summed E-state index contributed by atoms with van der Waals surface area (Å²) in [6, 6.07) is 3.80. The molecule has 0 saturated carbocycles. The Morgan fingerprint density at radius 2 is 2.06 bits per heavy atom. The molecule has 0 amide bonds. The zero-order valence-corrected chi connectivity index (χ0v) is 11.2. The average molecular weight is 272 g/mol. The van der Waals surface area contributed by atoms with Crippen molar-refractivity contribution in [2.24, 2.45) is 5.92 Å². The quantitative estimate of drug-likeness (QED) is 0.835. The molecule has 100 valence electrons. The van der Waals surface area contributed by atoms with Crippen LogP contribution in [0.5, 0.6) is 0 Å². The average Bonchev–Trinajstić information content (AvgIpc) is 2.62. The summed E-state index contributed by atoms with van der Waals surface area (Å²) in [6.45, 7) is 4.32. The van der Waals surface area contributed by atoms with Crippen LogP contribution in [0.4, 0.5) is 10.1 Å². The largest absolute Gasteiger partial charge is 0.395 e. The minimum atomic E-state index is -3.71. The van der Waals surface area contributed by atoms with Crippen molar-refractivity contribution in [2.45, 2.75) is 31.2 Å². The lowest BCUT2D eigenvalue weighted by Gasteiger charge is -2.21. The molecule has 0 aromatic heterocycles. The second-order valence-electron chi connectivity index (χ2n) is 4.92. The van der Waals surface area contributed by atoms with Crippen LogP contribution in [0.25, 0.3) is 0 Å². The Morgan fingerprint density at radius 3 is 2.61 bits per heavy atom. The molecule has 2 N–H and O–H groups in total. The fourth-order valence-electron chi connectivity index (χ4n) is 2.47. The van der Waals surface area contributed by atoms with Gasteiger partial charge < -0.3 is 5.73 Å². The Bertz CT molecular complexity index is 559. The molecule has 6 heteroatoms. The maximum Gasteiger partial charge on any atom is 0.245 e. The maximum atomic E-state index is 13.4. The Hall–Kier alpha value is -1.14. The number of para-hydroxylation sites is 1. The molecular weight excluding hydrogens is 255 g/mol. The summed E-state index contributed by atoms with van der Waals surface area (Å²) in [7, 11) is -3.71. The normalized spacial score (nSPS) is 25.5. The first kappa shape index (κ1) is 13.3. The summed E-state index contributed by atoms with van der Waals surface area (Å²) >= 11 is 0. The molecule has 4 nitrogen and oxygen atoms in total. The molecule has 1 saturated heterocycles. The molecule has 0 bridgehead atoms. The highest BCUT2D eigenvalue weighted by Gasteiger charge is 2.37. The number of sulfonamides is 1. The molecule has 18 heavy (non-hydrogen) atoms. The van der Waals surface area contributed by atoms with Crippen LogP contribution in [-0.4, -0.2) is 25.3 Å². The molecule has 1 fully saturated rings. The summed E-state index contributed by atoms with van der Waals surface area (Å²) in [4.78, 5) is -0.136. The number of rotatable bonds is 2. The maximum absolute atomic E-state index is 13.4. The molecule has 2 atom stereocenters. The molecule has 2 unspecified atom stereocenters. The third kappa shape index (κ3) is 2.10. The van der Waals surface area contributed by atoms with E-state index in [1.165, 1.54) is 16.4 Å². The summed E-state index contributed by atoms with van der Waals surface area (Å²) in [6.07, 6.45) is 0.814. The van der Waals surface area contributed by atoms with Crippen molar-refractivity contribution < 1.29 is 12.8 Å². The fraction of sp³-hybridized carbons (Fsp3) is 0.500. The van der Waals surface area contributed by atoms with E-state index in [0.717, 1.165) is 12.5 Å². The first-order valence-electron chi connectivity index (χ1n) is 5.90. The van der Waals surface area contributed by atoms with Gasteiger partial charge in [0, 0.05) is 12.6 Å². The van der Waals surface area contributed by atoms with Crippen molar-refractivity contribution in [3.63, 3.8) is 0 Å². The van der Waals surface area contributed by atoms with Crippen molar-refractivity contribution in [3.8, 4) is 0 Å². The lowest BCUT2D eigenvalue weighted by atomic mass is 10.1. The highest BCUT2D eigenvalue weighted by molar-refractivity contribution is 7.89. The number of halogens is 1. The molecule has 0 radical (unpaired) electrons. The predicted molar refractivity (Wildman–Crippen MR) is 67.9 cm³/mol. The monoisotopic (exact) mass is 272 g/mol. The van der Waals surface area contributed by atoms with E-state index in [1.54, 1.807) is 0 Å². The molecule has 1 heterocycles. The molecular formula is C12H17FN2O2S. The van der Waals surface area contributed by atoms with E-state index in [1.807, 2.05) is 13.8 Å². The molecule has 1 aliphatic heterocycles. The van der Waals surface area contributed by atoms with Crippen molar-refractivity contribution in [1.82, 2.24) is 4.31 Å². The van der Waals surface area contributed by atoms with Gasteiger partial charge in [-0.2, -0.15) is 4.31 Å². The third-order valence-electron chi connectivity index (χ3n) is 3.33. The Morgan fingerprint density at radius 1 is 1.39 bits per heavy atom. The smallest absolute Gasteiger partial charge is 0.245 e. The summed E-state index contributed by atoms with van der Waals surface area (Å²) < 4.78 is 39.7. The van der Waals surface area contributed by atoms with Gasteiger partial charge in [0.25, 0.3) is 0 Å². The highest BCUT2D eigenvalue weighted by Crippen LogP contribution is 2.31. The third-order valence-corrected chi connectivity index (χ3v) is 5.36. The lowest BCUT2D eigenvalue weighted by Crippen LogP contribution is -2.34. The first-order valence-corrected chi connectivity index (χ1v) is 7.34. The van der Waals surface area contributed by atoms with Gasteiger partial charge in [-0.15, -0.1) is 0 Å². The number of nitrogen functional groups attached to an aromatic ring is 1. The number of nitrogens with two attached hydrogens (primary N) is 1. The van der Waals surface area contributed by atoms with Gasteiger partial charge in [0.2, 0.25) is 10.0 Å². The Kier molecular flexibility index (Phi) is 3.33. The van der Waals surface area contributed by atoms with Crippen LogP contribution in [0, 0.1) is 11.7 Å². The lowest BCUT2D eigenvalue weighted by molar-refractivity contribution is 0.405. The molecule has 1 aliphatic rings. The van der Waals surface area contributed by atoms with Gasteiger partial charge in [-0.05, 0) is 31.4 Å². The van der Waals surface area contributed by atoms with Crippen LogP contribution < -0.4 is 5.73 Å². The Labute approximate surface area is 107 Å². The van der Waals surface area contributed by atoms with Crippen molar-refractivity contribution in [3.05, 3.63) is 24.0 Å². The van der Waals surface area contributed by atoms with E-state index >= 15 is 0 Å². The van der Waals surface area contributed by atoms with Gasteiger partial charge in [0.05, 0.1) is 5.69 Å². The zero-order valence-electron chi connectivity index (χ0n) is 10.4. The summed E-state index contributed by atoms with van der Waals surface area (Å²) in [5, 5.41) is 0. The fourth-order valence-corrected chi connectivity index (χ4v) is 4.35. The van der Waals surface area contributed by atoms with E-state index in [0.29, 0.717) is 12.5 Å². The molecule has 1 aromatic rings. The standard InChI is InChI=1S/C12H17FN2O2S/c1-8-6-9(2)15(7-8)18(16,17)11-5-3-4-10(13)12(11)14/h3-5,8-9H,6-7,14H2,1-2H3. The van der Waals surface area contributed by atoms with Crippen molar-refractivity contribution in [2.75, 3.05) is 12.3 Å². The van der Waals surface area contributed by atoms with Crippen LogP contribution in [0.15, 0.2) is 23.1 Å². The van der Waals surface area contributed by atoms with Crippen molar-refractivity contribution in [1.29, 1.82) is 0 Å². The van der Waals surface area contributed by atoms with Gasteiger partial charge in [0.1, 0.15) is 10.7 Å². The highest BCUT2D eigenvalue weighted by atomic mass is 32.2. The summed E-state index contributed by atoms with van der Waals surface area (Å²) in [5.74, 6) is -0.388. The molecule has 2 rings (SSSR count). The minimum Gasteiger partial charge on any atom is -0.395 e. The molecule has 0 spiro atoms. The minimum absolute atomic E-state index is 0.0762. The number of anilines is 1. The van der Waals surface area contributed by atoms with E-state index in [-0.39, 0.29) is 16.6 Å². The van der Waals surface area contributed by atoms with Crippen LogP contribution in [0.1, 0.15) is 20.3 Å². The number of hydrogen-bond donors (Lipinski definition) is 1. The van der Waals surface area contributed by atoms with E-state index < -0.39 is 15.8 Å². The van der Waals surface area contributed by atoms with Gasteiger partial charge >= 0.3 is 0 Å². The second kappa shape index (κ2) is 4.51. The van der Waals surface area contributed by atoms with Crippen LogP contribution in [0.3, 0.4) is 0 Å². The molecule has 1 aromatic carbocycles. The summed E-state index contributed by atoms with van der Waals surface area (Å²) in [5.41, 5.74) is 5.23. The zero-order chi connectivity index (χ0) is 13.5. The number of benzene rings is 1. The van der Waals surface area contributed by atoms with Crippen LogP contribution in [0.2, 0.25) is 0 Å². The van der Waals surface area contributed by atoms with E-state index in [4.69, 9.17) is 5.73 Å². The van der Waals surface area contributed by atoms with E-state index in [9.17, 15) is 12.8 Å². The second-order valence-corrected chi connectivity index (χ2v) is 6.78. The van der Waals surface area contributed by atoms with Gasteiger partial charge in [-0.1, -0.05) is 13.0 Å².